The summed E-state index contributed by atoms with van der Waals surface area (Å²) < 4.78 is 22.2. The monoisotopic (exact) mass is 493 g/mol. The molecule has 0 fully saturated rings. The van der Waals surface area contributed by atoms with E-state index in [1.807, 2.05) is 13.8 Å². The molecule has 2 amide bonds. The van der Waals surface area contributed by atoms with Gasteiger partial charge in [-0.25, -0.2) is 5.43 Å². The highest BCUT2D eigenvalue weighted by Gasteiger charge is 2.13. The van der Waals surface area contributed by atoms with Gasteiger partial charge in [0.15, 0.2) is 29.6 Å². The average molecular weight is 494 g/mol. The molecule has 0 atom stereocenters. The fourth-order valence-corrected chi connectivity index (χ4v) is 3.09. The first kappa shape index (κ1) is 24.0. The van der Waals surface area contributed by atoms with Crippen LogP contribution in [0.15, 0.2) is 39.9 Å². The van der Waals surface area contributed by atoms with Crippen LogP contribution in [0.3, 0.4) is 0 Å². The normalized spacial score (nSPS) is 10.6. The van der Waals surface area contributed by atoms with Crippen molar-refractivity contribution in [3.63, 3.8) is 0 Å². The molecule has 166 valence electrons. The molecule has 0 aliphatic heterocycles. The summed E-state index contributed by atoms with van der Waals surface area (Å²) in [5.74, 6) is 0.745. The van der Waals surface area contributed by atoms with Crippen molar-refractivity contribution < 1.29 is 28.5 Å². The van der Waals surface area contributed by atoms with Gasteiger partial charge in [0.1, 0.15) is 0 Å². The van der Waals surface area contributed by atoms with Crippen LogP contribution in [-0.2, 0) is 4.79 Å². The predicted octanol–water partition coefficient (Wildman–Crippen LogP) is 2.88. The second-order valence-corrected chi connectivity index (χ2v) is 6.87. The summed E-state index contributed by atoms with van der Waals surface area (Å²) in [6, 6.07) is 8.24. The number of carbonyl (C=O) groups is 2. The van der Waals surface area contributed by atoms with Crippen LogP contribution in [0.5, 0.6) is 23.0 Å². The summed E-state index contributed by atoms with van der Waals surface area (Å²) >= 11 is 3.36. The molecule has 0 aliphatic carbocycles. The summed E-state index contributed by atoms with van der Waals surface area (Å²) in [6.07, 6.45) is 1.45. The first-order chi connectivity index (χ1) is 14.9. The van der Waals surface area contributed by atoms with Crippen LogP contribution < -0.4 is 30.1 Å². The Morgan fingerprint density at radius 2 is 1.77 bits per heavy atom. The number of carbonyl (C=O) groups excluding carboxylic acids is 2. The standard InChI is InChI=1S/C21H24BrN3O6/c1-4-29-16-7-6-14(10-17(16)30-5-2)21(27)25-24-11-13-8-15(22)20(18(9-13)28-3)31-12-19(23)26/h6-11H,4-5,12H2,1-3H3,(H2,23,26)(H,25,27)/b24-11+. The Labute approximate surface area is 188 Å². The zero-order valence-electron chi connectivity index (χ0n) is 17.4. The quantitative estimate of drug-likeness (QED) is 0.366. The van der Waals surface area contributed by atoms with Crippen LogP contribution in [0, 0.1) is 0 Å². The van der Waals surface area contributed by atoms with Crippen LogP contribution in [0.1, 0.15) is 29.8 Å². The zero-order valence-corrected chi connectivity index (χ0v) is 19.0. The van der Waals surface area contributed by atoms with E-state index in [-0.39, 0.29) is 6.61 Å². The molecule has 0 aromatic heterocycles. The van der Waals surface area contributed by atoms with E-state index in [0.29, 0.717) is 51.8 Å². The van der Waals surface area contributed by atoms with Crippen molar-refractivity contribution >= 4 is 34.0 Å². The molecule has 3 N–H and O–H groups in total. The van der Waals surface area contributed by atoms with Gasteiger partial charge in [-0.15, -0.1) is 0 Å². The van der Waals surface area contributed by atoms with Crippen molar-refractivity contribution in [2.24, 2.45) is 10.8 Å². The van der Waals surface area contributed by atoms with Crippen molar-refractivity contribution in [1.82, 2.24) is 5.43 Å². The molecule has 0 radical (unpaired) electrons. The van der Waals surface area contributed by atoms with Crippen molar-refractivity contribution in [2.45, 2.75) is 13.8 Å². The van der Waals surface area contributed by atoms with Crippen molar-refractivity contribution in [2.75, 3.05) is 26.9 Å². The number of benzene rings is 2. The third kappa shape index (κ3) is 6.88. The van der Waals surface area contributed by atoms with E-state index in [9.17, 15) is 9.59 Å². The number of nitrogens with zero attached hydrogens (tertiary/aromatic N) is 1. The Bertz CT molecular complexity index is 964. The Morgan fingerprint density at radius 3 is 2.42 bits per heavy atom. The molecule has 0 aliphatic rings. The SMILES string of the molecule is CCOc1ccc(C(=O)N/N=C/c2cc(Br)c(OCC(N)=O)c(OC)c2)cc1OCC. The molecule has 9 nitrogen and oxygen atoms in total. The van der Waals surface area contributed by atoms with Gasteiger partial charge in [-0.2, -0.15) is 5.10 Å². The molecule has 0 unspecified atom stereocenters. The van der Waals surface area contributed by atoms with Gasteiger partial charge in [0.25, 0.3) is 11.8 Å². The Balaban J connectivity index is 2.12. The van der Waals surface area contributed by atoms with E-state index in [0.717, 1.165) is 0 Å². The van der Waals surface area contributed by atoms with Crippen molar-refractivity contribution in [1.29, 1.82) is 0 Å². The number of ether oxygens (including phenoxy) is 4. The van der Waals surface area contributed by atoms with Crippen LogP contribution in [0.25, 0.3) is 0 Å². The number of nitrogens with two attached hydrogens (primary N) is 1. The molecule has 0 bridgehead atoms. The van der Waals surface area contributed by atoms with Gasteiger partial charge in [0, 0.05) is 5.56 Å². The fourth-order valence-electron chi connectivity index (χ4n) is 2.52. The van der Waals surface area contributed by atoms with Crippen LogP contribution in [-0.4, -0.2) is 45.0 Å². The number of methoxy groups -OCH3 is 1. The number of amides is 2. The highest BCUT2D eigenvalue weighted by Crippen LogP contribution is 2.36. The van der Waals surface area contributed by atoms with E-state index in [1.54, 1.807) is 30.3 Å². The number of hydrogen-bond acceptors (Lipinski definition) is 7. The van der Waals surface area contributed by atoms with Crippen LogP contribution >= 0.6 is 15.9 Å². The molecule has 10 heteroatoms. The van der Waals surface area contributed by atoms with Gasteiger partial charge < -0.3 is 24.7 Å². The first-order valence-corrected chi connectivity index (χ1v) is 10.2. The summed E-state index contributed by atoms with van der Waals surface area (Å²) in [5.41, 5.74) is 8.57. The number of rotatable bonds is 11. The lowest BCUT2D eigenvalue weighted by atomic mass is 10.2. The maximum absolute atomic E-state index is 12.4. The lowest BCUT2D eigenvalue weighted by Gasteiger charge is -2.12. The lowest BCUT2D eigenvalue weighted by molar-refractivity contribution is -0.119. The topological polar surface area (TPSA) is 121 Å². The predicted molar refractivity (Wildman–Crippen MR) is 119 cm³/mol. The van der Waals surface area contributed by atoms with E-state index in [1.165, 1.54) is 13.3 Å². The fraction of sp³-hybridized carbons (Fsp3) is 0.286. The number of nitrogens with one attached hydrogen (secondary N) is 1. The molecular formula is C21H24BrN3O6. The molecule has 31 heavy (non-hydrogen) atoms. The summed E-state index contributed by atoms with van der Waals surface area (Å²) in [4.78, 5) is 23.4. The molecule has 2 rings (SSSR count). The maximum atomic E-state index is 12.4. The molecule has 0 heterocycles. The third-order valence-electron chi connectivity index (χ3n) is 3.80. The Hall–Kier alpha value is -3.27. The molecule has 2 aromatic carbocycles. The molecule has 0 spiro atoms. The van der Waals surface area contributed by atoms with Crippen LogP contribution in [0.4, 0.5) is 0 Å². The Morgan fingerprint density at radius 1 is 1.06 bits per heavy atom. The van der Waals surface area contributed by atoms with Gasteiger partial charge in [-0.3, -0.25) is 9.59 Å². The van der Waals surface area contributed by atoms with Crippen LogP contribution in [0.2, 0.25) is 0 Å². The minimum absolute atomic E-state index is 0.287. The van der Waals surface area contributed by atoms with Gasteiger partial charge in [0.05, 0.1) is 31.0 Å². The number of halogens is 1. The highest BCUT2D eigenvalue weighted by atomic mass is 79.9. The number of primary amides is 1. The van der Waals surface area contributed by atoms with Gasteiger partial charge in [-0.1, -0.05) is 0 Å². The highest BCUT2D eigenvalue weighted by molar-refractivity contribution is 9.10. The van der Waals surface area contributed by atoms with E-state index in [2.05, 4.69) is 26.5 Å². The number of hydrazone groups is 1. The van der Waals surface area contributed by atoms with Crippen molar-refractivity contribution in [3.05, 3.63) is 45.9 Å². The molecular weight excluding hydrogens is 470 g/mol. The zero-order chi connectivity index (χ0) is 22.8. The van der Waals surface area contributed by atoms with Gasteiger partial charge >= 0.3 is 0 Å². The molecule has 2 aromatic rings. The minimum Gasteiger partial charge on any atom is -0.493 e. The summed E-state index contributed by atoms with van der Waals surface area (Å²) in [5, 5.41) is 3.98. The van der Waals surface area contributed by atoms with E-state index >= 15 is 0 Å². The minimum atomic E-state index is -0.607. The largest absolute Gasteiger partial charge is 0.493 e. The molecule has 0 saturated heterocycles. The third-order valence-corrected chi connectivity index (χ3v) is 4.38. The van der Waals surface area contributed by atoms with Crippen molar-refractivity contribution in [3.8, 4) is 23.0 Å². The second-order valence-electron chi connectivity index (χ2n) is 6.02. The molecule has 0 saturated carbocycles. The van der Waals surface area contributed by atoms with Gasteiger partial charge in [0.2, 0.25) is 0 Å². The van der Waals surface area contributed by atoms with E-state index < -0.39 is 11.8 Å². The van der Waals surface area contributed by atoms with Gasteiger partial charge in [-0.05, 0) is 65.7 Å². The smallest absolute Gasteiger partial charge is 0.271 e. The Kier molecular flexibility index (Phi) is 9.13. The summed E-state index contributed by atoms with van der Waals surface area (Å²) in [6.45, 7) is 4.36. The summed E-state index contributed by atoms with van der Waals surface area (Å²) in [7, 11) is 1.46. The lowest BCUT2D eigenvalue weighted by Crippen LogP contribution is -2.20. The maximum Gasteiger partial charge on any atom is 0.271 e. The number of hydrogen-bond donors (Lipinski definition) is 2. The average Bonchev–Trinajstić information content (AvgIpc) is 2.73. The second kappa shape index (κ2) is 11.8. The first-order valence-electron chi connectivity index (χ1n) is 9.41. The van der Waals surface area contributed by atoms with E-state index in [4.69, 9.17) is 24.7 Å².